The zero-order valence-corrected chi connectivity index (χ0v) is 34.5. The van der Waals surface area contributed by atoms with Crippen LogP contribution in [0.3, 0.4) is 0 Å². The van der Waals surface area contributed by atoms with Crippen molar-refractivity contribution in [1.29, 1.82) is 0 Å². The molecule has 316 valence electrons. The van der Waals surface area contributed by atoms with E-state index in [2.05, 4.69) is 15.4 Å². The summed E-state index contributed by atoms with van der Waals surface area (Å²) in [4.78, 5) is 71.3. The number of amides is 5. The molecule has 1 aromatic rings. The maximum atomic E-state index is 14.8. The van der Waals surface area contributed by atoms with Crippen molar-refractivity contribution in [3.05, 3.63) is 40.4 Å². The number of carbonyl (C=O) groups excluding carboxylic acids is 4. The van der Waals surface area contributed by atoms with Crippen molar-refractivity contribution in [3.8, 4) is 0 Å². The minimum Gasteiger partial charge on any atom is -0.465 e. The average Bonchev–Trinajstić information content (AvgIpc) is 3.95. The molecule has 4 N–H and O–H groups in total. The fourth-order valence-electron chi connectivity index (χ4n) is 7.81. The van der Waals surface area contributed by atoms with Gasteiger partial charge in [-0.1, -0.05) is 43.7 Å². The molecule has 2 heterocycles. The Morgan fingerprint density at radius 2 is 1.75 bits per heavy atom. The third-order valence-corrected chi connectivity index (χ3v) is 14.2. The smallest absolute Gasteiger partial charge is 0.427 e. The third kappa shape index (κ3) is 9.00. The number of carbonyl (C=O) groups is 5. The van der Waals surface area contributed by atoms with Crippen LogP contribution >= 0.6 is 11.6 Å². The number of alkyl halides is 3. The normalized spacial score (nSPS) is 29.7. The first-order valence-corrected chi connectivity index (χ1v) is 20.8. The average molecular weight is 846 g/mol. The van der Waals surface area contributed by atoms with Crippen LogP contribution in [0, 0.1) is 31.6 Å². The highest BCUT2D eigenvalue weighted by molar-refractivity contribution is 7.91. The number of halogens is 4. The quantitative estimate of drug-likeness (QED) is 0.248. The van der Waals surface area contributed by atoms with Gasteiger partial charge in [0.05, 0.1) is 21.5 Å². The van der Waals surface area contributed by atoms with E-state index in [1.54, 1.807) is 39.0 Å². The molecule has 7 atom stereocenters. The number of sulfonamides is 1. The maximum Gasteiger partial charge on any atom is 0.427 e. The number of rotatable bonds is 7. The number of aryl methyl sites for hydroxylation is 2. The Kier molecular flexibility index (Phi) is 12.1. The van der Waals surface area contributed by atoms with E-state index in [4.69, 9.17) is 16.3 Å². The minimum absolute atomic E-state index is 0.0361. The Hall–Kier alpha value is -4.06. The minimum atomic E-state index is -4.95. The van der Waals surface area contributed by atoms with Crippen LogP contribution in [-0.2, 0) is 29.1 Å². The number of nitrogens with one attached hydrogen (secondary N) is 3. The number of ether oxygens (including phenoxy) is 1. The van der Waals surface area contributed by atoms with Gasteiger partial charge in [-0.15, -0.1) is 0 Å². The Morgan fingerprint density at radius 3 is 2.33 bits per heavy atom. The van der Waals surface area contributed by atoms with Crippen molar-refractivity contribution >= 4 is 57.2 Å². The van der Waals surface area contributed by atoms with Gasteiger partial charge in [0.25, 0.3) is 5.91 Å². The van der Waals surface area contributed by atoms with E-state index in [0.717, 1.165) is 15.4 Å². The lowest BCUT2D eigenvalue weighted by Crippen LogP contribution is -2.59. The lowest BCUT2D eigenvalue weighted by molar-refractivity contribution is -0.244. The van der Waals surface area contributed by atoms with Gasteiger partial charge in [-0.25, -0.2) is 18.0 Å². The number of alkyl carbamates (subject to hydrolysis) is 1. The summed E-state index contributed by atoms with van der Waals surface area (Å²) in [6.07, 6.45) is -2.64. The largest absolute Gasteiger partial charge is 0.465 e. The lowest BCUT2D eigenvalue weighted by atomic mass is 9.88. The number of allylic oxidation sites excluding steroid dienone is 1. The van der Waals surface area contributed by atoms with Gasteiger partial charge in [0.1, 0.15) is 17.6 Å². The molecule has 0 aromatic heterocycles. The van der Waals surface area contributed by atoms with Crippen molar-refractivity contribution in [2.24, 2.45) is 17.8 Å². The summed E-state index contributed by atoms with van der Waals surface area (Å²) < 4.78 is 73.3. The first-order valence-electron chi connectivity index (χ1n) is 18.9. The molecule has 2 saturated carbocycles. The Bertz CT molecular complexity index is 1930. The van der Waals surface area contributed by atoms with Crippen LogP contribution in [0.5, 0.6) is 0 Å². The van der Waals surface area contributed by atoms with Crippen LogP contribution in [0.25, 0.3) is 0 Å². The molecule has 3 fully saturated rings. The van der Waals surface area contributed by atoms with E-state index in [9.17, 15) is 50.7 Å². The molecule has 1 saturated heterocycles. The van der Waals surface area contributed by atoms with Crippen molar-refractivity contribution in [2.45, 2.75) is 134 Å². The SMILES string of the molecule is Cc1cc(C)c(N(C(=O)O)[C@@H]2C[C@H]3C(=O)N[C@]4(C(=O)NS(=O)(=O)C5(C)CC5)C[C@H]4/C=C\CC[C@@H](C)C[C@@H](C)[C@H](NC(=O)OC(C)(C)C(F)(F)F)C(=O)N3C2)c(Cl)c1. The predicted octanol–water partition coefficient (Wildman–Crippen LogP) is 5.73. The van der Waals surface area contributed by atoms with Crippen LogP contribution in [0.1, 0.15) is 90.7 Å². The van der Waals surface area contributed by atoms with Gasteiger partial charge in [-0.2, -0.15) is 13.2 Å². The lowest BCUT2D eigenvalue weighted by Gasteiger charge is -2.34. The number of hydrogen-bond acceptors (Lipinski definition) is 8. The molecule has 14 nitrogen and oxygen atoms in total. The number of fused-ring (bicyclic) bond motifs is 2. The second-order valence-corrected chi connectivity index (χ2v) is 19.6. The Balaban J connectivity index is 1.57. The molecule has 2 aliphatic carbocycles. The first-order chi connectivity index (χ1) is 26.2. The second kappa shape index (κ2) is 15.6. The van der Waals surface area contributed by atoms with E-state index in [1.165, 1.54) is 6.92 Å². The van der Waals surface area contributed by atoms with E-state index in [-0.39, 0.29) is 29.5 Å². The highest BCUT2D eigenvalue weighted by Gasteiger charge is 2.63. The molecule has 0 bridgehead atoms. The number of anilines is 1. The molecular formula is C38H51ClF3N5O9S. The molecule has 0 unspecified atom stereocenters. The zero-order valence-electron chi connectivity index (χ0n) is 33.0. The molecule has 0 radical (unpaired) electrons. The number of benzene rings is 1. The van der Waals surface area contributed by atoms with Crippen molar-refractivity contribution in [3.63, 3.8) is 0 Å². The number of hydrogen-bond donors (Lipinski definition) is 4. The van der Waals surface area contributed by atoms with Gasteiger partial charge in [0.15, 0.2) is 0 Å². The van der Waals surface area contributed by atoms with Gasteiger partial charge in [0, 0.05) is 12.5 Å². The van der Waals surface area contributed by atoms with E-state index < -0.39 is 98.5 Å². The van der Waals surface area contributed by atoms with E-state index >= 15 is 0 Å². The monoisotopic (exact) mass is 845 g/mol. The fourth-order valence-corrected chi connectivity index (χ4v) is 9.53. The standard InChI is InChI=1S/C38H51ClF3N5O9S/c1-20-10-8-9-11-24-18-37(24,32(50)45-57(54,55)36(7)12-13-36)44-30(48)27-17-25(47(34(52)53)29-23(4)15-21(2)16-26(29)39)19-46(27)31(49)28(22(3)14-20)43-33(51)56-35(5,6)38(40,41)42/h9,11,15-16,20,22,24-25,27-28H,8,10,12-14,17-19H2,1-7H3,(H,43,51)(H,44,48)(H,45,50)(H,52,53)/b11-9-/t20-,22-,24-,25-,27+,28+,37-/m1/s1. The van der Waals surface area contributed by atoms with E-state index in [0.29, 0.717) is 51.5 Å². The van der Waals surface area contributed by atoms with Crippen LogP contribution < -0.4 is 20.3 Å². The molecule has 2 aliphatic heterocycles. The van der Waals surface area contributed by atoms with Crippen LogP contribution in [0.2, 0.25) is 5.02 Å². The highest BCUT2D eigenvalue weighted by Crippen LogP contribution is 2.48. The Labute approximate surface area is 335 Å². The van der Waals surface area contributed by atoms with Crippen LogP contribution in [0.15, 0.2) is 24.3 Å². The van der Waals surface area contributed by atoms with Crippen molar-refractivity contribution in [2.75, 3.05) is 11.4 Å². The first kappa shape index (κ1) is 44.1. The molecule has 5 rings (SSSR count). The van der Waals surface area contributed by atoms with Gasteiger partial charge in [0.2, 0.25) is 27.4 Å². The van der Waals surface area contributed by atoms with Crippen molar-refractivity contribution < 1.29 is 55.4 Å². The molecular weight excluding hydrogens is 795 g/mol. The molecule has 19 heteroatoms. The van der Waals surface area contributed by atoms with E-state index in [1.807, 2.05) is 13.0 Å². The van der Waals surface area contributed by atoms with Gasteiger partial charge in [-0.05, 0) is 109 Å². The maximum absolute atomic E-state index is 14.8. The fraction of sp³-hybridized carbons (Fsp3) is 0.658. The highest BCUT2D eigenvalue weighted by atomic mass is 35.5. The Morgan fingerprint density at radius 1 is 1.11 bits per heavy atom. The van der Waals surface area contributed by atoms with Crippen LogP contribution in [0.4, 0.5) is 28.4 Å². The summed E-state index contributed by atoms with van der Waals surface area (Å²) >= 11 is 6.60. The summed E-state index contributed by atoms with van der Waals surface area (Å²) in [5.74, 6) is -4.20. The summed E-state index contributed by atoms with van der Waals surface area (Å²) in [5.41, 5.74) is -3.34. The third-order valence-electron chi connectivity index (χ3n) is 11.8. The van der Waals surface area contributed by atoms with Crippen molar-refractivity contribution in [1.82, 2.24) is 20.3 Å². The molecule has 0 spiro atoms. The summed E-state index contributed by atoms with van der Waals surface area (Å²) in [5, 5.41) is 15.7. The second-order valence-electron chi connectivity index (χ2n) is 17.0. The topological polar surface area (TPSA) is 192 Å². The van der Waals surface area contributed by atoms with Gasteiger partial charge < -0.3 is 25.4 Å². The number of nitrogens with zero attached hydrogens (tertiary/aromatic N) is 2. The molecule has 4 aliphatic rings. The molecule has 57 heavy (non-hydrogen) atoms. The molecule has 1 aromatic carbocycles. The van der Waals surface area contributed by atoms with Crippen LogP contribution in [-0.4, -0.2) is 95.1 Å². The van der Waals surface area contributed by atoms with Gasteiger partial charge >= 0.3 is 18.4 Å². The van der Waals surface area contributed by atoms with Gasteiger partial charge in [-0.3, -0.25) is 24.0 Å². The molecule has 5 amide bonds. The number of carboxylic acid groups (broad SMARTS) is 1. The summed E-state index contributed by atoms with van der Waals surface area (Å²) in [6, 6.07) is -0.901. The zero-order chi connectivity index (χ0) is 42.6. The summed E-state index contributed by atoms with van der Waals surface area (Å²) in [7, 11) is -4.13. The summed E-state index contributed by atoms with van der Waals surface area (Å²) in [6.45, 7) is 9.32. The predicted molar refractivity (Wildman–Crippen MR) is 204 cm³/mol.